The van der Waals surface area contributed by atoms with Crippen LogP contribution in [0.15, 0.2) is 18.5 Å². The van der Waals surface area contributed by atoms with Gasteiger partial charge in [0.05, 0.1) is 17.7 Å². The number of nitrogens with one attached hydrogen (secondary N) is 1. The van der Waals surface area contributed by atoms with Crippen molar-refractivity contribution >= 4 is 5.91 Å². The zero-order valence-electron chi connectivity index (χ0n) is 12.6. The van der Waals surface area contributed by atoms with Gasteiger partial charge in [-0.25, -0.2) is 0 Å². The fourth-order valence-electron chi connectivity index (χ4n) is 2.82. The van der Waals surface area contributed by atoms with Crippen LogP contribution in [0.1, 0.15) is 54.9 Å². The lowest BCUT2D eigenvalue weighted by Crippen LogP contribution is -2.37. The van der Waals surface area contributed by atoms with Gasteiger partial charge in [0, 0.05) is 18.4 Å². The lowest BCUT2D eigenvalue weighted by atomic mass is 9.84. The van der Waals surface area contributed by atoms with E-state index in [-0.39, 0.29) is 18.5 Å². The SMILES string of the molecule is CCC1CCC(NC(=O)c2ccncc2C#CCN)CC1. The number of hydrogen-bond acceptors (Lipinski definition) is 3. The molecule has 1 aliphatic carbocycles. The van der Waals surface area contributed by atoms with E-state index in [0.29, 0.717) is 11.1 Å². The summed E-state index contributed by atoms with van der Waals surface area (Å²) in [6.45, 7) is 2.51. The predicted molar refractivity (Wildman–Crippen MR) is 83.7 cm³/mol. The third kappa shape index (κ3) is 4.30. The topological polar surface area (TPSA) is 68.0 Å². The maximum atomic E-state index is 12.4. The Hall–Kier alpha value is -1.86. The number of hydrogen-bond donors (Lipinski definition) is 2. The summed E-state index contributed by atoms with van der Waals surface area (Å²) >= 11 is 0. The average Bonchev–Trinajstić information content (AvgIpc) is 2.54. The third-order valence-corrected chi connectivity index (χ3v) is 4.15. The first-order valence-electron chi connectivity index (χ1n) is 7.68. The van der Waals surface area contributed by atoms with E-state index in [0.717, 1.165) is 18.8 Å². The summed E-state index contributed by atoms with van der Waals surface area (Å²) in [6, 6.07) is 2.00. The summed E-state index contributed by atoms with van der Waals surface area (Å²) in [5.41, 5.74) is 6.61. The zero-order valence-corrected chi connectivity index (χ0v) is 12.6. The standard InChI is InChI=1S/C17H23N3O/c1-2-13-5-7-15(8-6-13)20-17(21)16-9-11-19-12-14(16)4-3-10-18/h9,11-13,15H,2,5-8,10,18H2,1H3,(H,20,21). The van der Waals surface area contributed by atoms with Crippen molar-refractivity contribution in [2.24, 2.45) is 11.7 Å². The van der Waals surface area contributed by atoms with Crippen molar-refractivity contribution in [1.29, 1.82) is 0 Å². The van der Waals surface area contributed by atoms with Crippen molar-refractivity contribution in [1.82, 2.24) is 10.3 Å². The number of nitrogens with two attached hydrogens (primary N) is 1. The molecule has 0 unspecified atom stereocenters. The highest BCUT2D eigenvalue weighted by Gasteiger charge is 2.22. The molecule has 1 aromatic rings. The summed E-state index contributed by atoms with van der Waals surface area (Å²) in [6.07, 6.45) is 9.03. The van der Waals surface area contributed by atoms with Gasteiger partial charge in [-0.2, -0.15) is 0 Å². The number of aromatic nitrogens is 1. The summed E-state index contributed by atoms with van der Waals surface area (Å²) in [7, 11) is 0. The van der Waals surface area contributed by atoms with Gasteiger partial charge in [0.1, 0.15) is 0 Å². The van der Waals surface area contributed by atoms with Crippen molar-refractivity contribution in [3.05, 3.63) is 29.6 Å². The van der Waals surface area contributed by atoms with Gasteiger partial charge in [-0.3, -0.25) is 9.78 Å². The van der Waals surface area contributed by atoms with Gasteiger partial charge in [0.2, 0.25) is 0 Å². The molecule has 0 saturated heterocycles. The van der Waals surface area contributed by atoms with Crippen LogP contribution in [0.3, 0.4) is 0 Å². The molecule has 0 aliphatic heterocycles. The Labute approximate surface area is 126 Å². The average molecular weight is 285 g/mol. The second-order valence-electron chi connectivity index (χ2n) is 5.53. The quantitative estimate of drug-likeness (QED) is 0.836. The van der Waals surface area contributed by atoms with Crippen molar-refractivity contribution in [3.63, 3.8) is 0 Å². The highest BCUT2D eigenvalue weighted by Crippen LogP contribution is 2.26. The highest BCUT2D eigenvalue weighted by molar-refractivity contribution is 5.96. The molecular formula is C17H23N3O. The molecule has 2 rings (SSSR count). The summed E-state index contributed by atoms with van der Waals surface area (Å²) in [4.78, 5) is 16.4. The molecule has 1 saturated carbocycles. The van der Waals surface area contributed by atoms with Gasteiger partial charge < -0.3 is 11.1 Å². The second kappa shape index (κ2) is 7.80. The van der Waals surface area contributed by atoms with Crippen LogP contribution < -0.4 is 11.1 Å². The molecule has 1 aliphatic rings. The first-order valence-corrected chi connectivity index (χ1v) is 7.68. The van der Waals surface area contributed by atoms with E-state index in [1.165, 1.54) is 19.3 Å². The number of rotatable bonds is 3. The molecule has 0 atom stereocenters. The second-order valence-corrected chi connectivity index (χ2v) is 5.53. The van der Waals surface area contributed by atoms with Gasteiger partial charge in [-0.05, 0) is 37.7 Å². The van der Waals surface area contributed by atoms with Crippen molar-refractivity contribution < 1.29 is 4.79 Å². The molecule has 0 aromatic carbocycles. The molecule has 21 heavy (non-hydrogen) atoms. The number of pyridine rings is 1. The molecule has 4 heteroatoms. The van der Waals surface area contributed by atoms with Crippen LogP contribution in [0.25, 0.3) is 0 Å². The molecule has 1 aromatic heterocycles. The molecule has 1 amide bonds. The maximum absolute atomic E-state index is 12.4. The van der Waals surface area contributed by atoms with Crippen molar-refractivity contribution in [2.45, 2.75) is 45.1 Å². The largest absolute Gasteiger partial charge is 0.349 e. The van der Waals surface area contributed by atoms with E-state index in [2.05, 4.69) is 29.1 Å². The van der Waals surface area contributed by atoms with E-state index in [4.69, 9.17) is 5.73 Å². The van der Waals surface area contributed by atoms with Gasteiger partial charge in [0.25, 0.3) is 5.91 Å². The van der Waals surface area contributed by atoms with Crippen molar-refractivity contribution in [2.75, 3.05) is 6.54 Å². The highest BCUT2D eigenvalue weighted by atomic mass is 16.1. The normalized spacial score (nSPS) is 21.2. The Morgan fingerprint density at radius 3 is 2.86 bits per heavy atom. The van der Waals surface area contributed by atoms with E-state index in [9.17, 15) is 4.79 Å². The number of carbonyl (C=O) groups excluding carboxylic acids is 1. The summed E-state index contributed by atoms with van der Waals surface area (Å²) < 4.78 is 0. The Morgan fingerprint density at radius 2 is 2.19 bits per heavy atom. The molecular weight excluding hydrogens is 262 g/mol. The predicted octanol–water partition coefficient (Wildman–Crippen LogP) is 2.09. The van der Waals surface area contributed by atoms with E-state index < -0.39 is 0 Å². The molecule has 4 nitrogen and oxygen atoms in total. The Bertz CT molecular complexity index is 536. The van der Waals surface area contributed by atoms with Crippen LogP contribution in [0, 0.1) is 17.8 Å². The number of nitrogens with zero attached hydrogens (tertiary/aromatic N) is 1. The van der Waals surface area contributed by atoms with Crippen LogP contribution in [-0.4, -0.2) is 23.5 Å². The fourth-order valence-corrected chi connectivity index (χ4v) is 2.82. The molecule has 0 spiro atoms. The van der Waals surface area contributed by atoms with Crippen LogP contribution in [0.2, 0.25) is 0 Å². The molecule has 0 radical (unpaired) electrons. The molecule has 1 heterocycles. The fraction of sp³-hybridized carbons (Fsp3) is 0.529. The first kappa shape index (κ1) is 15.5. The summed E-state index contributed by atoms with van der Waals surface area (Å²) in [5.74, 6) is 6.45. The van der Waals surface area contributed by atoms with Gasteiger partial charge >= 0.3 is 0 Å². The minimum absolute atomic E-state index is 0.0568. The van der Waals surface area contributed by atoms with Crippen LogP contribution in [0.4, 0.5) is 0 Å². The van der Waals surface area contributed by atoms with Crippen LogP contribution in [-0.2, 0) is 0 Å². The number of carbonyl (C=O) groups is 1. The molecule has 112 valence electrons. The lowest BCUT2D eigenvalue weighted by Gasteiger charge is -2.28. The van der Waals surface area contributed by atoms with Gasteiger partial charge in [0.15, 0.2) is 0 Å². The van der Waals surface area contributed by atoms with Gasteiger partial charge in [-0.15, -0.1) is 0 Å². The van der Waals surface area contributed by atoms with E-state index in [1.54, 1.807) is 18.5 Å². The lowest BCUT2D eigenvalue weighted by molar-refractivity contribution is 0.0921. The van der Waals surface area contributed by atoms with Gasteiger partial charge in [-0.1, -0.05) is 25.2 Å². The molecule has 1 fully saturated rings. The minimum Gasteiger partial charge on any atom is -0.349 e. The Balaban J connectivity index is 2.01. The Morgan fingerprint density at radius 1 is 1.43 bits per heavy atom. The maximum Gasteiger partial charge on any atom is 0.252 e. The monoisotopic (exact) mass is 285 g/mol. The smallest absolute Gasteiger partial charge is 0.252 e. The molecule has 0 bridgehead atoms. The van der Waals surface area contributed by atoms with E-state index in [1.807, 2.05) is 0 Å². The Kier molecular flexibility index (Phi) is 5.77. The minimum atomic E-state index is -0.0568. The van der Waals surface area contributed by atoms with Crippen LogP contribution in [0.5, 0.6) is 0 Å². The van der Waals surface area contributed by atoms with Crippen molar-refractivity contribution in [3.8, 4) is 11.8 Å². The zero-order chi connectivity index (χ0) is 15.1. The first-order chi connectivity index (χ1) is 10.2. The number of amides is 1. The third-order valence-electron chi connectivity index (χ3n) is 4.15. The molecule has 3 N–H and O–H groups in total. The van der Waals surface area contributed by atoms with Crippen LogP contribution >= 0.6 is 0 Å². The van der Waals surface area contributed by atoms with E-state index >= 15 is 0 Å². The summed E-state index contributed by atoms with van der Waals surface area (Å²) in [5, 5.41) is 3.13.